The van der Waals surface area contributed by atoms with Crippen molar-refractivity contribution in [1.29, 1.82) is 0 Å². The highest BCUT2D eigenvalue weighted by Crippen LogP contribution is 2.30. The number of aromatic nitrogens is 1. The molecule has 114 valence electrons. The van der Waals surface area contributed by atoms with Crippen molar-refractivity contribution in [2.24, 2.45) is 0 Å². The van der Waals surface area contributed by atoms with E-state index in [1.165, 1.54) is 0 Å². The fraction of sp³-hybridized carbons (Fsp3) is 0.533. The molecule has 0 spiro atoms. The minimum atomic E-state index is -0.363. The third kappa shape index (κ3) is 2.61. The fourth-order valence-corrected chi connectivity index (χ4v) is 2.85. The van der Waals surface area contributed by atoms with Crippen molar-refractivity contribution in [3.63, 3.8) is 0 Å². The van der Waals surface area contributed by atoms with E-state index in [-0.39, 0.29) is 23.6 Å². The van der Waals surface area contributed by atoms with Crippen LogP contribution in [0.5, 0.6) is 0 Å². The van der Waals surface area contributed by atoms with Crippen molar-refractivity contribution in [1.82, 2.24) is 5.16 Å². The molecule has 1 aromatic heterocycles. The highest BCUT2D eigenvalue weighted by molar-refractivity contribution is 5.83. The number of anilines is 1. The number of ether oxygens (including phenoxy) is 2. The normalized spacial score (nSPS) is 23.0. The van der Waals surface area contributed by atoms with Crippen LogP contribution in [-0.2, 0) is 9.47 Å². The molecule has 6 heteroatoms. The second kappa shape index (κ2) is 5.61. The zero-order valence-electron chi connectivity index (χ0n) is 12.4. The molecule has 1 fully saturated rings. The minimum Gasteiger partial charge on any atom is -0.382 e. The van der Waals surface area contributed by atoms with Gasteiger partial charge in [-0.1, -0.05) is 5.16 Å². The molecule has 1 aromatic carbocycles. The average Bonchev–Trinajstić information content (AvgIpc) is 2.81. The molecule has 3 rings (SSSR count). The van der Waals surface area contributed by atoms with Crippen molar-refractivity contribution in [2.45, 2.75) is 26.1 Å². The van der Waals surface area contributed by atoms with Crippen LogP contribution in [0.25, 0.3) is 11.0 Å². The van der Waals surface area contributed by atoms with Gasteiger partial charge in [-0.15, -0.1) is 0 Å². The van der Waals surface area contributed by atoms with Crippen LogP contribution < -0.4 is 4.90 Å². The van der Waals surface area contributed by atoms with Gasteiger partial charge in [0.1, 0.15) is 0 Å². The van der Waals surface area contributed by atoms with E-state index in [0.717, 1.165) is 0 Å². The Labute approximate surface area is 122 Å². The van der Waals surface area contributed by atoms with Crippen LogP contribution >= 0.6 is 0 Å². The van der Waals surface area contributed by atoms with Gasteiger partial charge in [0.15, 0.2) is 5.82 Å². The van der Waals surface area contributed by atoms with Crippen LogP contribution in [0.4, 0.5) is 10.1 Å². The Morgan fingerprint density at radius 1 is 1.43 bits per heavy atom. The molecule has 0 aliphatic carbocycles. The summed E-state index contributed by atoms with van der Waals surface area (Å²) in [5.74, 6) is -0.363. The highest BCUT2D eigenvalue weighted by atomic mass is 19.1. The fourth-order valence-electron chi connectivity index (χ4n) is 2.85. The lowest BCUT2D eigenvalue weighted by Crippen LogP contribution is -2.48. The van der Waals surface area contributed by atoms with E-state index in [9.17, 15) is 4.39 Å². The first-order valence-electron chi connectivity index (χ1n) is 7.04. The molecule has 0 unspecified atom stereocenters. The van der Waals surface area contributed by atoms with E-state index in [0.29, 0.717) is 36.5 Å². The second-order valence-electron chi connectivity index (χ2n) is 5.47. The number of halogens is 1. The molecule has 5 nitrogen and oxygen atoms in total. The Bertz CT molecular complexity index is 643. The van der Waals surface area contributed by atoms with Crippen molar-refractivity contribution >= 4 is 16.7 Å². The SMILES string of the molecule is COC[C@@H]1CN(c2ccc3c(C)noc3c2F)C[C@H](C)O1. The number of fused-ring (bicyclic) bond motifs is 1. The predicted octanol–water partition coefficient (Wildman–Crippen LogP) is 2.52. The maximum absolute atomic E-state index is 14.7. The third-order valence-corrected chi connectivity index (χ3v) is 3.76. The minimum absolute atomic E-state index is 0.0189. The van der Waals surface area contributed by atoms with Gasteiger partial charge < -0.3 is 18.9 Å². The molecule has 0 bridgehead atoms. The van der Waals surface area contributed by atoms with Crippen LogP contribution in [-0.4, -0.2) is 44.2 Å². The average molecular weight is 294 g/mol. The van der Waals surface area contributed by atoms with Crippen molar-refractivity contribution < 1.29 is 18.4 Å². The largest absolute Gasteiger partial charge is 0.382 e. The lowest BCUT2D eigenvalue weighted by molar-refractivity contribution is -0.0512. The van der Waals surface area contributed by atoms with Crippen LogP contribution in [0.2, 0.25) is 0 Å². The number of hydrogen-bond acceptors (Lipinski definition) is 5. The maximum Gasteiger partial charge on any atom is 0.204 e. The molecule has 1 aliphatic rings. The van der Waals surface area contributed by atoms with Gasteiger partial charge in [-0.3, -0.25) is 0 Å². The number of aryl methyl sites for hydroxylation is 1. The molecular weight excluding hydrogens is 275 g/mol. The van der Waals surface area contributed by atoms with Crippen molar-refractivity contribution in [3.8, 4) is 0 Å². The number of morpholine rings is 1. The molecule has 2 heterocycles. The summed E-state index contributed by atoms with van der Waals surface area (Å²) in [4.78, 5) is 1.98. The molecule has 0 N–H and O–H groups in total. The number of methoxy groups -OCH3 is 1. The van der Waals surface area contributed by atoms with E-state index >= 15 is 0 Å². The summed E-state index contributed by atoms with van der Waals surface area (Å²) >= 11 is 0. The first-order chi connectivity index (χ1) is 10.1. The Hall–Kier alpha value is -1.66. The zero-order chi connectivity index (χ0) is 15.0. The summed E-state index contributed by atoms with van der Waals surface area (Å²) in [6.07, 6.45) is -0.0456. The Morgan fingerprint density at radius 3 is 3.00 bits per heavy atom. The van der Waals surface area contributed by atoms with Gasteiger partial charge in [-0.25, -0.2) is 4.39 Å². The summed E-state index contributed by atoms with van der Waals surface area (Å²) in [5, 5.41) is 4.54. The zero-order valence-corrected chi connectivity index (χ0v) is 12.4. The molecule has 1 saturated heterocycles. The Kier molecular flexibility index (Phi) is 3.82. The summed E-state index contributed by atoms with van der Waals surface area (Å²) < 4.78 is 30.7. The summed E-state index contributed by atoms with van der Waals surface area (Å²) in [6, 6.07) is 3.63. The van der Waals surface area contributed by atoms with E-state index in [4.69, 9.17) is 14.0 Å². The summed E-state index contributed by atoms with van der Waals surface area (Å²) in [5.41, 5.74) is 1.44. The molecule has 21 heavy (non-hydrogen) atoms. The van der Waals surface area contributed by atoms with E-state index in [1.807, 2.05) is 17.9 Å². The summed E-state index contributed by atoms with van der Waals surface area (Å²) in [7, 11) is 1.64. The van der Waals surface area contributed by atoms with E-state index in [2.05, 4.69) is 5.16 Å². The Morgan fingerprint density at radius 2 is 2.24 bits per heavy atom. The molecule has 2 atom stereocenters. The van der Waals surface area contributed by atoms with Gasteiger partial charge in [0.05, 0.1) is 30.2 Å². The van der Waals surface area contributed by atoms with E-state index in [1.54, 1.807) is 20.1 Å². The van der Waals surface area contributed by atoms with Gasteiger partial charge in [0, 0.05) is 25.6 Å². The van der Waals surface area contributed by atoms with Gasteiger partial charge in [-0.05, 0) is 26.0 Å². The summed E-state index contributed by atoms with van der Waals surface area (Å²) in [6.45, 7) is 5.50. The molecule has 0 radical (unpaired) electrons. The van der Waals surface area contributed by atoms with Crippen LogP contribution in [0.15, 0.2) is 16.7 Å². The van der Waals surface area contributed by atoms with Gasteiger partial charge >= 0.3 is 0 Å². The van der Waals surface area contributed by atoms with Crippen LogP contribution in [0, 0.1) is 12.7 Å². The smallest absolute Gasteiger partial charge is 0.204 e. The lowest BCUT2D eigenvalue weighted by Gasteiger charge is -2.38. The third-order valence-electron chi connectivity index (χ3n) is 3.76. The topological polar surface area (TPSA) is 47.7 Å². The second-order valence-corrected chi connectivity index (χ2v) is 5.47. The maximum atomic E-state index is 14.7. The number of benzene rings is 1. The van der Waals surface area contributed by atoms with Crippen molar-refractivity contribution in [2.75, 3.05) is 31.7 Å². The number of nitrogens with zero attached hydrogens (tertiary/aromatic N) is 2. The van der Waals surface area contributed by atoms with Crippen molar-refractivity contribution in [3.05, 3.63) is 23.6 Å². The van der Waals surface area contributed by atoms with E-state index < -0.39 is 0 Å². The predicted molar refractivity (Wildman–Crippen MR) is 77.1 cm³/mol. The molecular formula is C15H19FN2O3. The first-order valence-corrected chi connectivity index (χ1v) is 7.04. The quantitative estimate of drug-likeness (QED) is 0.870. The molecule has 1 aliphatic heterocycles. The molecule has 0 saturated carbocycles. The number of rotatable bonds is 3. The van der Waals surface area contributed by atoms with Crippen LogP contribution in [0.1, 0.15) is 12.6 Å². The Balaban J connectivity index is 1.93. The monoisotopic (exact) mass is 294 g/mol. The van der Waals surface area contributed by atoms with Gasteiger partial charge in [0.25, 0.3) is 0 Å². The highest BCUT2D eigenvalue weighted by Gasteiger charge is 2.28. The first kappa shape index (κ1) is 14.3. The number of hydrogen-bond donors (Lipinski definition) is 0. The van der Waals surface area contributed by atoms with Gasteiger partial charge in [-0.2, -0.15) is 0 Å². The lowest BCUT2D eigenvalue weighted by atomic mass is 10.1. The van der Waals surface area contributed by atoms with Gasteiger partial charge in [0.2, 0.25) is 5.58 Å². The van der Waals surface area contributed by atoms with Crippen LogP contribution in [0.3, 0.4) is 0 Å². The molecule has 2 aromatic rings. The standard InChI is InChI=1S/C15H19FN2O3/c1-9-6-18(7-11(20-9)8-19-3)13-5-4-12-10(2)17-21-15(12)14(13)16/h4-5,9,11H,6-8H2,1-3H3/t9-,11-/m0/s1. The molecule has 0 amide bonds.